The van der Waals surface area contributed by atoms with E-state index in [2.05, 4.69) is 47.6 Å². The van der Waals surface area contributed by atoms with E-state index in [4.69, 9.17) is 0 Å². The van der Waals surface area contributed by atoms with Gasteiger partial charge >= 0.3 is 0 Å². The Balaban J connectivity index is 1.75. The number of fused-ring (bicyclic) bond motifs is 1. The predicted octanol–water partition coefficient (Wildman–Crippen LogP) is 3.48. The van der Waals surface area contributed by atoms with E-state index in [0.29, 0.717) is 5.70 Å². The molecule has 138 valence electrons. The molecule has 2 aliphatic heterocycles. The second-order valence-corrected chi connectivity index (χ2v) is 8.47. The van der Waals surface area contributed by atoms with Gasteiger partial charge in [-0.05, 0) is 49.6 Å². The zero-order chi connectivity index (χ0) is 18.3. The summed E-state index contributed by atoms with van der Waals surface area (Å²) in [6, 6.07) is 6.62. The number of anilines is 1. The lowest BCUT2D eigenvalue weighted by atomic mass is 10.1. The van der Waals surface area contributed by atoms with E-state index >= 15 is 0 Å². The van der Waals surface area contributed by atoms with Crippen LogP contribution in [0.5, 0.6) is 0 Å². The molecular formula is C20H26N4OS. The summed E-state index contributed by atoms with van der Waals surface area (Å²) >= 11 is 1.84. The van der Waals surface area contributed by atoms with E-state index in [1.165, 1.54) is 17.7 Å². The first-order valence-electron chi connectivity index (χ1n) is 9.34. The molecule has 0 bridgehead atoms. The van der Waals surface area contributed by atoms with Gasteiger partial charge in [0.05, 0.1) is 5.70 Å². The summed E-state index contributed by atoms with van der Waals surface area (Å²) < 4.78 is 0. The number of amides is 1. The highest BCUT2D eigenvalue weighted by Crippen LogP contribution is 2.38. The topological polar surface area (TPSA) is 47.6 Å². The summed E-state index contributed by atoms with van der Waals surface area (Å²) in [6.45, 7) is 5.27. The van der Waals surface area contributed by atoms with Crippen molar-refractivity contribution in [3.05, 3.63) is 41.9 Å². The minimum atomic E-state index is 0.0252. The number of hydrogen-bond acceptors (Lipinski definition) is 5. The Bertz CT molecular complexity index is 784. The number of hydrogen-bond donors (Lipinski definition) is 2. The molecule has 1 atom stereocenters. The molecule has 2 N–H and O–H groups in total. The van der Waals surface area contributed by atoms with Gasteiger partial charge in [-0.1, -0.05) is 6.92 Å². The zero-order valence-corrected chi connectivity index (χ0v) is 16.4. The minimum Gasteiger partial charge on any atom is -0.384 e. The van der Waals surface area contributed by atoms with Crippen molar-refractivity contribution >= 4 is 29.1 Å². The Kier molecular flexibility index (Phi) is 4.61. The maximum atomic E-state index is 12.5. The summed E-state index contributed by atoms with van der Waals surface area (Å²) in [5, 5.41) is 6.92. The SMILES string of the molecule is CCSc1ccc(NCC2CC2)c(C2=CN(C)C(=O)C3=CN[C@@H](C)N32)c1. The van der Waals surface area contributed by atoms with Gasteiger partial charge in [0.15, 0.2) is 0 Å². The molecule has 1 saturated carbocycles. The number of carbonyl (C=O) groups is 1. The molecule has 5 nitrogen and oxygen atoms in total. The van der Waals surface area contributed by atoms with Crippen molar-refractivity contribution in [2.24, 2.45) is 5.92 Å². The first-order chi connectivity index (χ1) is 12.6. The number of nitrogens with one attached hydrogen (secondary N) is 2. The molecule has 6 heteroatoms. The molecule has 3 aliphatic rings. The van der Waals surface area contributed by atoms with Crippen LogP contribution in [-0.4, -0.2) is 41.2 Å². The molecule has 26 heavy (non-hydrogen) atoms. The number of likely N-dealkylation sites (N-methyl/N-ethyl adjacent to an activating group) is 1. The molecule has 2 heterocycles. The molecule has 1 aromatic rings. The molecule has 0 spiro atoms. The van der Waals surface area contributed by atoms with Gasteiger partial charge in [-0.25, -0.2) is 0 Å². The highest BCUT2D eigenvalue weighted by Gasteiger charge is 2.36. The molecule has 0 saturated heterocycles. The van der Waals surface area contributed by atoms with Crippen LogP contribution >= 0.6 is 11.8 Å². The molecule has 0 radical (unpaired) electrons. The fourth-order valence-corrected chi connectivity index (χ4v) is 4.16. The van der Waals surface area contributed by atoms with Crippen molar-refractivity contribution in [1.29, 1.82) is 0 Å². The third-order valence-electron chi connectivity index (χ3n) is 5.08. The normalized spacial score (nSPS) is 22.0. The van der Waals surface area contributed by atoms with Crippen molar-refractivity contribution in [3.8, 4) is 0 Å². The lowest BCUT2D eigenvalue weighted by Crippen LogP contribution is -2.41. The Morgan fingerprint density at radius 2 is 2.12 bits per heavy atom. The van der Waals surface area contributed by atoms with Gasteiger partial charge in [0.25, 0.3) is 5.91 Å². The van der Waals surface area contributed by atoms with Crippen LogP contribution in [0.3, 0.4) is 0 Å². The molecule has 4 rings (SSSR count). The number of nitrogens with zero attached hydrogens (tertiary/aromatic N) is 2. The van der Waals surface area contributed by atoms with Crippen LogP contribution in [0.25, 0.3) is 5.70 Å². The van der Waals surface area contributed by atoms with E-state index < -0.39 is 0 Å². The maximum absolute atomic E-state index is 12.5. The minimum absolute atomic E-state index is 0.0252. The second-order valence-electron chi connectivity index (χ2n) is 7.14. The van der Waals surface area contributed by atoms with Crippen molar-refractivity contribution in [1.82, 2.24) is 15.1 Å². The Morgan fingerprint density at radius 1 is 1.31 bits per heavy atom. The third kappa shape index (κ3) is 3.18. The lowest BCUT2D eigenvalue weighted by molar-refractivity contribution is -0.125. The zero-order valence-electron chi connectivity index (χ0n) is 15.6. The highest BCUT2D eigenvalue weighted by atomic mass is 32.2. The first kappa shape index (κ1) is 17.3. The summed E-state index contributed by atoms with van der Waals surface area (Å²) in [6.07, 6.45) is 6.50. The Labute approximate surface area is 159 Å². The summed E-state index contributed by atoms with van der Waals surface area (Å²) in [5.74, 6) is 1.87. The smallest absolute Gasteiger partial charge is 0.275 e. The van der Waals surface area contributed by atoms with Crippen LogP contribution in [-0.2, 0) is 4.79 Å². The first-order valence-corrected chi connectivity index (χ1v) is 10.3. The molecular weight excluding hydrogens is 344 g/mol. The monoisotopic (exact) mass is 370 g/mol. The van der Waals surface area contributed by atoms with Gasteiger partial charge in [0.2, 0.25) is 0 Å². The fraction of sp³-hybridized carbons (Fsp3) is 0.450. The van der Waals surface area contributed by atoms with Crippen LogP contribution < -0.4 is 10.6 Å². The number of benzene rings is 1. The van der Waals surface area contributed by atoms with E-state index in [0.717, 1.165) is 35.2 Å². The van der Waals surface area contributed by atoms with Crippen molar-refractivity contribution in [2.75, 3.05) is 24.7 Å². The van der Waals surface area contributed by atoms with Gasteiger partial charge in [-0.15, -0.1) is 11.8 Å². The molecule has 0 unspecified atom stereocenters. The quantitative estimate of drug-likeness (QED) is 0.751. The fourth-order valence-electron chi connectivity index (χ4n) is 3.46. The maximum Gasteiger partial charge on any atom is 0.275 e. The van der Waals surface area contributed by atoms with Gasteiger partial charge in [0.1, 0.15) is 11.9 Å². The summed E-state index contributed by atoms with van der Waals surface area (Å²) in [5.41, 5.74) is 4.07. The molecule has 1 amide bonds. The Morgan fingerprint density at radius 3 is 2.85 bits per heavy atom. The third-order valence-corrected chi connectivity index (χ3v) is 5.96. The van der Waals surface area contributed by atoms with E-state index in [1.54, 1.807) is 4.90 Å². The van der Waals surface area contributed by atoms with Crippen LogP contribution in [0.2, 0.25) is 0 Å². The van der Waals surface area contributed by atoms with E-state index in [1.807, 2.05) is 31.2 Å². The largest absolute Gasteiger partial charge is 0.384 e. The van der Waals surface area contributed by atoms with Crippen LogP contribution in [0, 0.1) is 5.92 Å². The van der Waals surface area contributed by atoms with Crippen molar-refractivity contribution < 1.29 is 4.79 Å². The molecule has 1 aromatic carbocycles. The van der Waals surface area contributed by atoms with Crippen LogP contribution in [0.4, 0.5) is 5.69 Å². The highest BCUT2D eigenvalue weighted by molar-refractivity contribution is 7.99. The molecule has 0 aromatic heterocycles. The standard InChI is InChI=1S/C20H26N4OS/c1-4-26-15-7-8-17(22-10-14-5-6-14)16(9-15)19-12-23(3)20(25)18-11-21-13(2)24(18)19/h7-9,11-14,21-22H,4-6,10H2,1-3H3/t13-/m1/s1. The number of carbonyl (C=O) groups excluding carboxylic acids is 1. The lowest BCUT2D eigenvalue weighted by Gasteiger charge is -2.35. The molecule has 1 fully saturated rings. The van der Waals surface area contributed by atoms with Gasteiger partial charge < -0.3 is 20.4 Å². The molecule has 1 aliphatic carbocycles. The van der Waals surface area contributed by atoms with E-state index in [-0.39, 0.29) is 12.1 Å². The van der Waals surface area contributed by atoms with Crippen molar-refractivity contribution in [3.63, 3.8) is 0 Å². The van der Waals surface area contributed by atoms with Gasteiger partial charge in [-0.2, -0.15) is 0 Å². The van der Waals surface area contributed by atoms with Crippen LogP contribution in [0.1, 0.15) is 32.3 Å². The van der Waals surface area contributed by atoms with Crippen LogP contribution in [0.15, 0.2) is 41.2 Å². The second kappa shape index (κ2) is 6.91. The number of rotatable bonds is 6. The van der Waals surface area contributed by atoms with Gasteiger partial charge in [-0.3, -0.25) is 4.79 Å². The number of thioether (sulfide) groups is 1. The van der Waals surface area contributed by atoms with E-state index in [9.17, 15) is 4.79 Å². The average molecular weight is 371 g/mol. The predicted molar refractivity (Wildman–Crippen MR) is 107 cm³/mol. The summed E-state index contributed by atoms with van der Waals surface area (Å²) in [7, 11) is 1.82. The Hall–Kier alpha value is -2.08. The summed E-state index contributed by atoms with van der Waals surface area (Å²) in [4.78, 5) is 17.6. The van der Waals surface area contributed by atoms with Gasteiger partial charge in [0, 0.05) is 42.1 Å². The van der Waals surface area contributed by atoms with Crippen molar-refractivity contribution in [2.45, 2.75) is 37.8 Å². The average Bonchev–Trinajstić information content (AvgIpc) is 3.38.